The fraction of sp³-hybridized carbons (Fsp3) is 0.263. The molecule has 0 aliphatic carbocycles. The van der Waals surface area contributed by atoms with Crippen molar-refractivity contribution < 1.29 is 9.59 Å². The van der Waals surface area contributed by atoms with Gasteiger partial charge in [0, 0.05) is 0 Å². The molecule has 0 spiro atoms. The van der Waals surface area contributed by atoms with Crippen LogP contribution in [0.1, 0.15) is 17.5 Å². The number of likely N-dealkylation sites (tertiary alicyclic amines) is 1. The Morgan fingerprint density at radius 1 is 0.913 bits per heavy atom. The second kappa shape index (κ2) is 7.20. The Balaban J connectivity index is 1.54. The van der Waals surface area contributed by atoms with Gasteiger partial charge in [-0.25, -0.2) is 0 Å². The van der Waals surface area contributed by atoms with Gasteiger partial charge in [0.15, 0.2) is 0 Å². The van der Waals surface area contributed by atoms with Crippen molar-refractivity contribution in [2.24, 2.45) is 0 Å². The van der Waals surface area contributed by atoms with Gasteiger partial charge in [-0.1, -0.05) is 60.7 Å². The van der Waals surface area contributed by atoms with Gasteiger partial charge in [0.25, 0.3) is 0 Å². The number of benzene rings is 2. The standard InChI is InChI=1S/C19H20N2O2/c22-18-13-17(20-12-11-15-7-3-1-4-8-15)19(23)21(18)14-16-9-5-2-6-10-16/h1-10,17,20H,11-14H2/t17-/m0/s1. The summed E-state index contributed by atoms with van der Waals surface area (Å²) in [4.78, 5) is 25.9. The molecule has 118 valence electrons. The first-order chi connectivity index (χ1) is 11.2. The molecule has 0 radical (unpaired) electrons. The van der Waals surface area contributed by atoms with Gasteiger partial charge in [0.2, 0.25) is 11.8 Å². The molecule has 0 aromatic heterocycles. The quantitative estimate of drug-likeness (QED) is 0.832. The van der Waals surface area contributed by atoms with E-state index in [2.05, 4.69) is 17.4 Å². The first-order valence-electron chi connectivity index (χ1n) is 7.89. The molecule has 1 saturated heterocycles. The molecule has 0 saturated carbocycles. The lowest BCUT2D eigenvalue weighted by molar-refractivity contribution is -0.139. The average Bonchev–Trinajstić information content (AvgIpc) is 2.85. The van der Waals surface area contributed by atoms with E-state index in [4.69, 9.17) is 0 Å². The first kappa shape index (κ1) is 15.4. The van der Waals surface area contributed by atoms with Gasteiger partial charge < -0.3 is 5.32 Å². The van der Waals surface area contributed by atoms with E-state index in [1.165, 1.54) is 10.5 Å². The Labute approximate surface area is 136 Å². The number of rotatable bonds is 6. The van der Waals surface area contributed by atoms with Crippen molar-refractivity contribution in [3.63, 3.8) is 0 Å². The van der Waals surface area contributed by atoms with Crippen LogP contribution in [0.5, 0.6) is 0 Å². The summed E-state index contributed by atoms with van der Waals surface area (Å²) < 4.78 is 0. The van der Waals surface area contributed by atoms with E-state index in [9.17, 15) is 9.59 Å². The molecule has 0 unspecified atom stereocenters. The molecule has 23 heavy (non-hydrogen) atoms. The highest BCUT2D eigenvalue weighted by Crippen LogP contribution is 2.16. The number of nitrogens with one attached hydrogen (secondary N) is 1. The third kappa shape index (κ3) is 3.85. The summed E-state index contributed by atoms with van der Waals surface area (Å²) in [6, 6.07) is 19.3. The zero-order valence-electron chi connectivity index (χ0n) is 12.9. The Morgan fingerprint density at radius 2 is 1.52 bits per heavy atom. The molecule has 1 aliphatic rings. The minimum Gasteiger partial charge on any atom is -0.305 e. The number of imide groups is 1. The largest absolute Gasteiger partial charge is 0.305 e. The molecule has 1 aliphatic heterocycles. The summed E-state index contributed by atoms with van der Waals surface area (Å²) in [7, 11) is 0. The lowest BCUT2D eigenvalue weighted by Crippen LogP contribution is -2.39. The van der Waals surface area contributed by atoms with Crippen molar-refractivity contribution in [1.82, 2.24) is 10.2 Å². The van der Waals surface area contributed by atoms with Crippen molar-refractivity contribution in [1.29, 1.82) is 0 Å². The van der Waals surface area contributed by atoms with Crippen LogP contribution in [0, 0.1) is 0 Å². The van der Waals surface area contributed by atoms with Crippen LogP contribution < -0.4 is 5.32 Å². The summed E-state index contributed by atoms with van der Waals surface area (Å²) in [5.41, 5.74) is 2.19. The van der Waals surface area contributed by atoms with E-state index in [0.717, 1.165) is 12.0 Å². The summed E-state index contributed by atoms with van der Waals surface area (Å²) in [5, 5.41) is 3.21. The number of carbonyl (C=O) groups is 2. The predicted molar refractivity (Wildman–Crippen MR) is 88.6 cm³/mol. The van der Waals surface area contributed by atoms with Crippen LogP contribution >= 0.6 is 0 Å². The zero-order valence-corrected chi connectivity index (χ0v) is 12.9. The maximum absolute atomic E-state index is 12.4. The monoisotopic (exact) mass is 308 g/mol. The topological polar surface area (TPSA) is 49.4 Å². The Hall–Kier alpha value is -2.46. The second-order valence-corrected chi connectivity index (χ2v) is 5.75. The number of hydrogen-bond donors (Lipinski definition) is 1. The van der Waals surface area contributed by atoms with Crippen LogP contribution in [0.15, 0.2) is 60.7 Å². The SMILES string of the molecule is O=C1C[C@H](NCCc2ccccc2)C(=O)N1Cc1ccccc1. The fourth-order valence-electron chi connectivity index (χ4n) is 2.81. The van der Waals surface area contributed by atoms with Gasteiger partial charge >= 0.3 is 0 Å². The molecule has 2 aromatic carbocycles. The second-order valence-electron chi connectivity index (χ2n) is 5.75. The van der Waals surface area contributed by atoms with Crippen LogP contribution in [0.4, 0.5) is 0 Å². The van der Waals surface area contributed by atoms with Gasteiger partial charge in [0.05, 0.1) is 19.0 Å². The zero-order chi connectivity index (χ0) is 16.1. The third-order valence-corrected chi connectivity index (χ3v) is 4.07. The lowest BCUT2D eigenvalue weighted by Gasteiger charge is -2.15. The van der Waals surface area contributed by atoms with Gasteiger partial charge in [-0.3, -0.25) is 14.5 Å². The van der Waals surface area contributed by atoms with Gasteiger partial charge in [-0.2, -0.15) is 0 Å². The highest BCUT2D eigenvalue weighted by molar-refractivity contribution is 6.05. The number of nitrogens with zero attached hydrogens (tertiary/aromatic N) is 1. The first-order valence-corrected chi connectivity index (χ1v) is 7.89. The molecular weight excluding hydrogens is 288 g/mol. The van der Waals surface area contributed by atoms with Crippen LogP contribution in [0.2, 0.25) is 0 Å². The molecule has 3 rings (SSSR count). The summed E-state index contributed by atoms with van der Waals surface area (Å²) in [6.45, 7) is 1.04. The molecule has 0 bridgehead atoms. The molecule has 4 nitrogen and oxygen atoms in total. The Morgan fingerprint density at radius 3 is 2.17 bits per heavy atom. The molecule has 1 heterocycles. The van der Waals surface area contributed by atoms with E-state index in [1.807, 2.05) is 48.5 Å². The van der Waals surface area contributed by atoms with Gasteiger partial charge in [0.1, 0.15) is 0 Å². The van der Waals surface area contributed by atoms with Crippen molar-refractivity contribution >= 4 is 11.8 Å². The fourth-order valence-corrected chi connectivity index (χ4v) is 2.81. The molecular formula is C19H20N2O2. The molecule has 1 atom stereocenters. The van der Waals surface area contributed by atoms with Crippen LogP contribution in [0.3, 0.4) is 0 Å². The average molecular weight is 308 g/mol. The molecule has 2 amide bonds. The van der Waals surface area contributed by atoms with E-state index in [1.54, 1.807) is 0 Å². The summed E-state index contributed by atoms with van der Waals surface area (Å²) in [5.74, 6) is -0.219. The van der Waals surface area contributed by atoms with Crippen molar-refractivity contribution in [3.8, 4) is 0 Å². The maximum Gasteiger partial charge on any atom is 0.247 e. The smallest absolute Gasteiger partial charge is 0.247 e. The maximum atomic E-state index is 12.4. The van der Waals surface area contributed by atoms with Crippen LogP contribution in [-0.2, 0) is 22.6 Å². The molecule has 2 aromatic rings. The molecule has 1 N–H and O–H groups in total. The number of hydrogen-bond acceptors (Lipinski definition) is 3. The summed E-state index contributed by atoms with van der Waals surface area (Å²) in [6.07, 6.45) is 1.10. The van der Waals surface area contributed by atoms with Gasteiger partial charge in [-0.15, -0.1) is 0 Å². The van der Waals surface area contributed by atoms with Crippen molar-refractivity contribution in [2.75, 3.05) is 6.54 Å². The van der Waals surface area contributed by atoms with Crippen LogP contribution in [0.25, 0.3) is 0 Å². The predicted octanol–water partition coefficient (Wildman–Crippen LogP) is 2.15. The number of carbonyl (C=O) groups excluding carboxylic acids is 2. The van der Waals surface area contributed by atoms with Crippen molar-refractivity contribution in [3.05, 3.63) is 71.8 Å². The minimum atomic E-state index is -0.394. The van der Waals surface area contributed by atoms with Crippen molar-refractivity contribution in [2.45, 2.75) is 25.4 Å². The highest BCUT2D eigenvalue weighted by Gasteiger charge is 2.37. The van der Waals surface area contributed by atoms with Crippen LogP contribution in [-0.4, -0.2) is 29.3 Å². The van der Waals surface area contributed by atoms with Gasteiger partial charge in [-0.05, 0) is 24.1 Å². The molecule has 1 fully saturated rings. The van der Waals surface area contributed by atoms with E-state index in [-0.39, 0.29) is 18.2 Å². The van der Waals surface area contributed by atoms with E-state index in [0.29, 0.717) is 13.1 Å². The number of amides is 2. The Bertz CT molecular complexity index is 670. The minimum absolute atomic E-state index is 0.101. The van der Waals surface area contributed by atoms with E-state index >= 15 is 0 Å². The summed E-state index contributed by atoms with van der Waals surface area (Å²) >= 11 is 0. The van der Waals surface area contributed by atoms with E-state index < -0.39 is 6.04 Å². The third-order valence-electron chi connectivity index (χ3n) is 4.07. The highest BCUT2D eigenvalue weighted by atomic mass is 16.2. The molecule has 4 heteroatoms. The normalized spacial score (nSPS) is 17.7. The lowest BCUT2D eigenvalue weighted by atomic mass is 10.1. The Kier molecular flexibility index (Phi) is 4.83.